The van der Waals surface area contributed by atoms with Crippen molar-refractivity contribution in [2.24, 2.45) is 0 Å². The molecule has 0 saturated heterocycles. The summed E-state index contributed by atoms with van der Waals surface area (Å²) < 4.78 is 5.21. The van der Waals surface area contributed by atoms with Crippen molar-refractivity contribution in [3.8, 4) is 0 Å². The van der Waals surface area contributed by atoms with E-state index in [4.69, 9.17) is 0 Å². The average molecular weight is 317 g/mol. The van der Waals surface area contributed by atoms with Crippen LogP contribution in [0.15, 0.2) is 0 Å². The molecule has 0 unspecified atom stereocenters. The summed E-state index contributed by atoms with van der Waals surface area (Å²) in [5.41, 5.74) is 0. The number of hydrogen-bond acceptors (Lipinski definition) is 2. The lowest BCUT2D eigenvalue weighted by Crippen LogP contribution is -2.43. The summed E-state index contributed by atoms with van der Waals surface area (Å²) >= 11 is 0. The van der Waals surface area contributed by atoms with Crippen molar-refractivity contribution in [3.05, 3.63) is 0 Å². The van der Waals surface area contributed by atoms with Gasteiger partial charge in [-0.1, -0.05) is 65.0 Å². The SMILES string of the molecule is CN(CCCCCCCCN(C)[Si](C)(C)C)[Si](C)(C)C. The summed E-state index contributed by atoms with van der Waals surface area (Å²) in [5.74, 6) is 0. The molecule has 4 heteroatoms. The fraction of sp³-hybridized carbons (Fsp3) is 1.00. The zero-order valence-electron chi connectivity index (χ0n) is 15.6. The number of rotatable bonds is 11. The van der Waals surface area contributed by atoms with Gasteiger partial charge in [0, 0.05) is 0 Å². The third-order valence-electron chi connectivity index (χ3n) is 4.53. The van der Waals surface area contributed by atoms with Crippen LogP contribution in [0.1, 0.15) is 38.5 Å². The monoisotopic (exact) mass is 316 g/mol. The largest absolute Gasteiger partial charge is 0.327 e. The minimum Gasteiger partial charge on any atom is -0.327 e. The normalized spacial score (nSPS) is 13.5. The highest BCUT2D eigenvalue weighted by molar-refractivity contribution is 6.73. The Morgan fingerprint density at radius 3 is 1.00 bits per heavy atom. The van der Waals surface area contributed by atoms with Gasteiger partial charge in [0.15, 0.2) is 0 Å². The molecule has 0 aromatic rings. The van der Waals surface area contributed by atoms with Crippen molar-refractivity contribution in [1.82, 2.24) is 9.13 Å². The topological polar surface area (TPSA) is 6.48 Å². The second kappa shape index (κ2) is 9.39. The third kappa shape index (κ3) is 10.1. The number of hydrogen-bond donors (Lipinski definition) is 0. The van der Waals surface area contributed by atoms with Gasteiger partial charge in [0.25, 0.3) is 0 Å². The minimum absolute atomic E-state index is 1.04. The highest BCUT2D eigenvalue weighted by atomic mass is 28.3. The molecule has 0 heterocycles. The van der Waals surface area contributed by atoms with E-state index in [1.165, 1.54) is 51.6 Å². The van der Waals surface area contributed by atoms with Crippen LogP contribution >= 0.6 is 0 Å². The molecule has 0 aromatic heterocycles. The Morgan fingerprint density at radius 2 is 0.750 bits per heavy atom. The van der Waals surface area contributed by atoms with E-state index in [2.05, 4.69) is 62.5 Å². The number of nitrogens with zero attached hydrogens (tertiary/aromatic N) is 2. The predicted molar refractivity (Wildman–Crippen MR) is 99.7 cm³/mol. The lowest BCUT2D eigenvalue weighted by molar-refractivity contribution is 0.452. The predicted octanol–water partition coefficient (Wildman–Crippen LogP) is 4.86. The summed E-state index contributed by atoms with van der Waals surface area (Å²) in [7, 11) is 2.53. The van der Waals surface area contributed by atoms with Crippen LogP contribution in [-0.2, 0) is 0 Å². The molecule has 0 aliphatic heterocycles. The summed E-state index contributed by atoms with van der Waals surface area (Å²) in [5, 5.41) is 0. The van der Waals surface area contributed by atoms with Gasteiger partial charge < -0.3 is 9.13 Å². The summed E-state index contributed by atoms with van der Waals surface area (Å²) in [6, 6.07) is 0. The van der Waals surface area contributed by atoms with Gasteiger partial charge in [-0.3, -0.25) is 0 Å². The average Bonchev–Trinajstić information content (AvgIpc) is 2.29. The molecule has 0 aromatic carbocycles. The summed E-state index contributed by atoms with van der Waals surface area (Å²) in [4.78, 5) is 0. The van der Waals surface area contributed by atoms with Crippen LogP contribution < -0.4 is 0 Å². The van der Waals surface area contributed by atoms with E-state index in [1.54, 1.807) is 0 Å². The van der Waals surface area contributed by atoms with E-state index in [-0.39, 0.29) is 0 Å². The van der Waals surface area contributed by atoms with Crippen molar-refractivity contribution in [2.75, 3.05) is 27.2 Å². The Balaban J connectivity index is 3.42. The van der Waals surface area contributed by atoms with E-state index in [9.17, 15) is 0 Å². The Hall–Kier alpha value is 0.354. The fourth-order valence-corrected chi connectivity index (χ4v) is 3.73. The summed E-state index contributed by atoms with van der Waals surface area (Å²) in [6.07, 6.45) is 8.45. The molecule has 20 heavy (non-hydrogen) atoms. The molecular formula is C16H40N2Si2. The Kier molecular flexibility index (Phi) is 9.55. The second-order valence-corrected chi connectivity index (χ2v) is 18.5. The highest BCUT2D eigenvalue weighted by Gasteiger charge is 2.19. The maximum absolute atomic E-state index is 2.61. The minimum atomic E-state index is -1.04. The molecule has 0 N–H and O–H groups in total. The zero-order valence-corrected chi connectivity index (χ0v) is 17.6. The lowest BCUT2D eigenvalue weighted by atomic mass is 10.1. The molecule has 0 saturated carbocycles. The maximum atomic E-state index is 2.61. The second-order valence-electron chi connectivity index (χ2n) is 8.31. The molecule has 0 bridgehead atoms. The van der Waals surface area contributed by atoms with E-state index in [1.807, 2.05) is 0 Å². The van der Waals surface area contributed by atoms with Crippen LogP contribution in [-0.4, -0.2) is 52.8 Å². The van der Waals surface area contributed by atoms with Crippen LogP contribution in [0.25, 0.3) is 0 Å². The third-order valence-corrected chi connectivity index (χ3v) is 9.56. The molecule has 0 fully saturated rings. The molecule has 0 radical (unpaired) electrons. The highest BCUT2D eigenvalue weighted by Crippen LogP contribution is 2.12. The van der Waals surface area contributed by atoms with Crippen molar-refractivity contribution in [1.29, 1.82) is 0 Å². The molecular weight excluding hydrogens is 276 g/mol. The van der Waals surface area contributed by atoms with Gasteiger partial charge in [0.2, 0.25) is 0 Å². The van der Waals surface area contributed by atoms with Crippen molar-refractivity contribution in [3.63, 3.8) is 0 Å². The van der Waals surface area contributed by atoms with Gasteiger partial charge >= 0.3 is 0 Å². The van der Waals surface area contributed by atoms with E-state index >= 15 is 0 Å². The van der Waals surface area contributed by atoms with Gasteiger partial charge in [0.05, 0.1) is 0 Å². The van der Waals surface area contributed by atoms with Crippen molar-refractivity contribution in [2.45, 2.75) is 77.8 Å². The van der Waals surface area contributed by atoms with Crippen LogP contribution in [0.5, 0.6) is 0 Å². The first-order valence-electron chi connectivity index (χ1n) is 8.47. The van der Waals surface area contributed by atoms with Crippen molar-refractivity contribution >= 4 is 16.5 Å². The standard InChI is InChI=1S/C16H40N2Si2/c1-17(19(3,4)5)15-13-11-9-10-12-14-16-18(2)20(6,7)8/h9-16H2,1-8H3. The Labute approximate surface area is 131 Å². The maximum Gasteiger partial charge on any atom is 0.118 e. The van der Waals surface area contributed by atoms with Crippen LogP contribution in [0.3, 0.4) is 0 Å². The number of unbranched alkanes of at least 4 members (excludes halogenated alkanes) is 5. The molecule has 0 aliphatic carbocycles. The van der Waals surface area contributed by atoms with Crippen molar-refractivity contribution < 1.29 is 0 Å². The molecule has 0 atom stereocenters. The van der Waals surface area contributed by atoms with Crippen LogP contribution in [0.2, 0.25) is 39.3 Å². The smallest absolute Gasteiger partial charge is 0.118 e. The van der Waals surface area contributed by atoms with Gasteiger partial charge in [-0.2, -0.15) is 0 Å². The lowest BCUT2D eigenvalue weighted by Gasteiger charge is -2.30. The molecule has 122 valence electrons. The first-order valence-corrected chi connectivity index (χ1v) is 15.4. The van der Waals surface area contributed by atoms with E-state index in [0.717, 1.165) is 0 Å². The van der Waals surface area contributed by atoms with E-state index < -0.39 is 16.5 Å². The van der Waals surface area contributed by atoms with Crippen LogP contribution in [0.4, 0.5) is 0 Å². The fourth-order valence-electron chi connectivity index (χ4n) is 2.08. The van der Waals surface area contributed by atoms with Gasteiger partial charge in [-0.05, 0) is 40.0 Å². The Morgan fingerprint density at radius 1 is 0.500 bits per heavy atom. The molecule has 0 aliphatic rings. The first kappa shape index (κ1) is 20.4. The molecule has 2 nitrogen and oxygen atoms in total. The Bertz CT molecular complexity index is 218. The van der Waals surface area contributed by atoms with Gasteiger partial charge in [-0.25, -0.2) is 0 Å². The molecule has 0 spiro atoms. The summed E-state index contributed by atoms with van der Waals surface area (Å²) in [6.45, 7) is 17.2. The van der Waals surface area contributed by atoms with Gasteiger partial charge in [0.1, 0.15) is 16.5 Å². The quantitative estimate of drug-likeness (QED) is 0.397. The van der Waals surface area contributed by atoms with Crippen LogP contribution in [0, 0.1) is 0 Å². The van der Waals surface area contributed by atoms with Gasteiger partial charge in [-0.15, -0.1) is 0 Å². The van der Waals surface area contributed by atoms with E-state index in [0.29, 0.717) is 0 Å². The molecule has 0 amide bonds. The zero-order chi connectivity index (χ0) is 15.8. The molecule has 0 rings (SSSR count). The first-order chi connectivity index (χ1) is 9.05.